The summed E-state index contributed by atoms with van der Waals surface area (Å²) < 4.78 is 0. The first kappa shape index (κ1) is 18.2. The molecule has 1 aromatic rings. The molecule has 0 aliphatic carbocycles. The van der Waals surface area contributed by atoms with Gasteiger partial charge in [0.15, 0.2) is 5.96 Å². The number of hydrogen-bond donors (Lipinski definition) is 2. The number of aliphatic imine (C=N–C) groups is 1. The largest absolute Gasteiger partial charge is 0.356 e. The zero-order valence-corrected chi connectivity index (χ0v) is 15.8. The van der Waals surface area contributed by atoms with Crippen LogP contribution in [0.1, 0.15) is 48.2 Å². The van der Waals surface area contributed by atoms with Crippen molar-refractivity contribution in [3.8, 4) is 0 Å². The first-order chi connectivity index (χ1) is 11.1. The van der Waals surface area contributed by atoms with E-state index < -0.39 is 0 Å². The van der Waals surface area contributed by atoms with Crippen LogP contribution in [-0.2, 0) is 6.54 Å². The fourth-order valence-corrected chi connectivity index (χ4v) is 3.98. The number of nitrogens with zero attached hydrogens (tertiary/aromatic N) is 3. The SMILES string of the molecule is CN=C(NCCCN1CCCCC1C)NCc1sc(C)nc1C. The van der Waals surface area contributed by atoms with Gasteiger partial charge in [0.1, 0.15) is 0 Å². The van der Waals surface area contributed by atoms with Gasteiger partial charge in [-0.3, -0.25) is 4.99 Å². The highest BCUT2D eigenvalue weighted by Crippen LogP contribution is 2.17. The van der Waals surface area contributed by atoms with Crippen molar-refractivity contribution in [2.45, 2.75) is 59.0 Å². The molecule has 1 aliphatic rings. The molecule has 6 heteroatoms. The molecule has 0 amide bonds. The highest BCUT2D eigenvalue weighted by atomic mass is 32.1. The highest BCUT2D eigenvalue weighted by Gasteiger charge is 2.17. The van der Waals surface area contributed by atoms with Gasteiger partial charge < -0.3 is 15.5 Å². The minimum Gasteiger partial charge on any atom is -0.356 e. The van der Waals surface area contributed by atoms with Gasteiger partial charge in [-0.1, -0.05) is 6.42 Å². The number of guanidine groups is 1. The quantitative estimate of drug-likeness (QED) is 0.476. The molecular weight excluding hydrogens is 306 g/mol. The van der Waals surface area contributed by atoms with Gasteiger partial charge in [0, 0.05) is 31.1 Å². The summed E-state index contributed by atoms with van der Waals surface area (Å²) in [5.74, 6) is 0.877. The Labute approximate surface area is 144 Å². The van der Waals surface area contributed by atoms with Crippen LogP contribution in [0.2, 0.25) is 0 Å². The van der Waals surface area contributed by atoms with Crippen LogP contribution in [0.3, 0.4) is 0 Å². The summed E-state index contributed by atoms with van der Waals surface area (Å²) in [7, 11) is 1.83. The average molecular weight is 338 g/mol. The van der Waals surface area contributed by atoms with Gasteiger partial charge >= 0.3 is 0 Å². The number of rotatable bonds is 6. The summed E-state index contributed by atoms with van der Waals surface area (Å²) in [6.45, 7) is 10.7. The highest BCUT2D eigenvalue weighted by molar-refractivity contribution is 7.11. The first-order valence-corrected chi connectivity index (χ1v) is 9.53. The van der Waals surface area contributed by atoms with E-state index >= 15 is 0 Å². The maximum absolute atomic E-state index is 4.46. The Balaban J connectivity index is 1.66. The van der Waals surface area contributed by atoms with Crippen LogP contribution >= 0.6 is 11.3 Å². The van der Waals surface area contributed by atoms with Crippen molar-refractivity contribution < 1.29 is 0 Å². The molecule has 130 valence electrons. The molecule has 23 heavy (non-hydrogen) atoms. The lowest BCUT2D eigenvalue weighted by atomic mass is 10.0. The van der Waals surface area contributed by atoms with Crippen molar-refractivity contribution >= 4 is 17.3 Å². The van der Waals surface area contributed by atoms with Crippen molar-refractivity contribution in [1.29, 1.82) is 0 Å². The Morgan fingerprint density at radius 1 is 1.35 bits per heavy atom. The van der Waals surface area contributed by atoms with Crippen LogP contribution in [0.25, 0.3) is 0 Å². The monoisotopic (exact) mass is 337 g/mol. The fraction of sp³-hybridized carbons (Fsp3) is 0.765. The van der Waals surface area contributed by atoms with Gasteiger partial charge in [-0.25, -0.2) is 4.98 Å². The van der Waals surface area contributed by atoms with E-state index in [9.17, 15) is 0 Å². The van der Waals surface area contributed by atoms with Crippen molar-refractivity contribution in [2.75, 3.05) is 26.7 Å². The summed E-state index contributed by atoms with van der Waals surface area (Å²) in [6.07, 6.45) is 5.26. The lowest BCUT2D eigenvalue weighted by molar-refractivity contribution is 0.159. The van der Waals surface area contributed by atoms with Gasteiger partial charge in [-0.2, -0.15) is 0 Å². The van der Waals surface area contributed by atoms with Gasteiger partial charge in [0.05, 0.1) is 17.2 Å². The van der Waals surface area contributed by atoms with E-state index in [1.165, 1.54) is 37.2 Å². The molecule has 5 nitrogen and oxygen atoms in total. The van der Waals surface area contributed by atoms with E-state index in [1.807, 2.05) is 7.05 Å². The predicted octanol–water partition coefficient (Wildman–Crippen LogP) is 2.69. The maximum atomic E-state index is 4.46. The number of likely N-dealkylation sites (tertiary alicyclic amines) is 1. The van der Waals surface area contributed by atoms with E-state index in [0.717, 1.165) is 42.2 Å². The van der Waals surface area contributed by atoms with E-state index in [2.05, 4.69) is 46.3 Å². The summed E-state index contributed by atoms with van der Waals surface area (Å²) in [5, 5.41) is 7.92. The topological polar surface area (TPSA) is 52.6 Å². The molecule has 2 heterocycles. The minimum absolute atomic E-state index is 0.749. The Kier molecular flexibility index (Phi) is 7.30. The van der Waals surface area contributed by atoms with Gasteiger partial charge in [-0.15, -0.1) is 11.3 Å². The number of hydrogen-bond acceptors (Lipinski definition) is 4. The number of piperidine rings is 1. The second kappa shape index (κ2) is 9.23. The first-order valence-electron chi connectivity index (χ1n) is 8.71. The number of aryl methyl sites for hydroxylation is 2. The summed E-state index contributed by atoms with van der Waals surface area (Å²) >= 11 is 1.75. The molecule has 2 N–H and O–H groups in total. The van der Waals surface area contributed by atoms with Crippen LogP contribution in [-0.4, -0.2) is 48.6 Å². The molecule has 2 rings (SSSR count). The van der Waals surface area contributed by atoms with Crippen molar-refractivity contribution in [3.63, 3.8) is 0 Å². The zero-order chi connectivity index (χ0) is 16.7. The van der Waals surface area contributed by atoms with E-state index in [0.29, 0.717) is 0 Å². The van der Waals surface area contributed by atoms with Crippen LogP contribution in [0.15, 0.2) is 4.99 Å². The summed E-state index contributed by atoms with van der Waals surface area (Å²) in [6, 6.07) is 0.749. The standard InChI is InChI=1S/C17H31N5S/c1-13-8-5-6-10-22(13)11-7-9-19-17(18-4)20-12-16-14(2)21-15(3)23-16/h13H,5-12H2,1-4H3,(H2,18,19,20). The maximum Gasteiger partial charge on any atom is 0.191 e. The van der Waals surface area contributed by atoms with Crippen LogP contribution in [0.5, 0.6) is 0 Å². The zero-order valence-electron chi connectivity index (χ0n) is 15.0. The fourth-order valence-electron chi connectivity index (χ4n) is 3.10. The second-order valence-corrected chi connectivity index (χ2v) is 7.62. The molecule has 0 radical (unpaired) electrons. The predicted molar refractivity (Wildman–Crippen MR) is 99.3 cm³/mol. The molecule has 1 saturated heterocycles. The van der Waals surface area contributed by atoms with E-state index in [-0.39, 0.29) is 0 Å². The van der Waals surface area contributed by atoms with E-state index in [4.69, 9.17) is 0 Å². The average Bonchev–Trinajstić information content (AvgIpc) is 2.86. The van der Waals surface area contributed by atoms with Gasteiger partial charge in [0.2, 0.25) is 0 Å². The number of thiazole rings is 1. The Morgan fingerprint density at radius 3 is 2.83 bits per heavy atom. The van der Waals surface area contributed by atoms with Crippen LogP contribution < -0.4 is 10.6 Å². The van der Waals surface area contributed by atoms with Crippen molar-refractivity contribution in [2.24, 2.45) is 4.99 Å². The molecular formula is C17H31N5S. The number of nitrogens with one attached hydrogen (secondary N) is 2. The van der Waals surface area contributed by atoms with Crippen LogP contribution in [0.4, 0.5) is 0 Å². The Hall–Kier alpha value is -1.14. The molecule has 0 bridgehead atoms. The summed E-state index contributed by atoms with van der Waals surface area (Å²) in [4.78, 5) is 12.7. The minimum atomic E-state index is 0.749. The summed E-state index contributed by atoms with van der Waals surface area (Å²) in [5.41, 5.74) is 1.12. The molecule has 1 unspecified atom stereocenters. The molecule has 1 aliphatic heterocycles. The third-order valence-electron chi connectivity index (χ3n) is 4.49. The normalized spacial score (nSPS) is 19.8. The van der Waals surface area contributed by atoms with Gasteiger partial charge in [0.25, 0.3) is 0 Å². The van der Waals surface area contributed by atoms with Crippen LogP contribution in [0, 0.1) is 13.8 Å². The third-order valence-corrected chi connectivity index (χ3v) is 5.57. The van der Waals surface area contributed by atoms with Crippen molar-refractivity contribution in [3.05, 3.63) is 15.6 Å². The Morgan fingerprint density at radius 2 is 2.17 bits per heavy atom. The van der Waals surface area contributed by atoms with Crippen molar-refractivity contribution in [1.82, 2.24) is 20.5 Å². The lowest BCUT2D eigenvalue weighted by Crippen LogP contribution is -2.41. The molecule has 1 aromatic heterocycles. The molecule has 0 saturated carbocycles. The van der Waals surface area contributed by atoms with E-state index in [1.54, 1.807) is 11.3 Å². The second-order valence-electron chi connectivity index (χ2n) is 6.33. The lowest BCUT2D eigenvalue weighted by Gasteiger charge is -2.33. The third kappa shape index (κ3) is 5.77. The smallest absolute Gasteiger partial charge is 0.191 e. The molecule has 0 aromatic carbocycles. The molecule has 0 spiro atoms. The molecule has 1 atom stereocenters. The molecule has 1 fully saturated rings. The number of aromatic nitrogens is 1. The van der Waals surface area contributed by atoms with Gasteiger partial charge in [-0.05, 0) is 46.6 Å². The Bertz CT molecular complexity index is 511.